The minimum Gasteiger partial charge on any atom is -0.494 e. The fourth-order valence-corrected chi connectivity index (χ4v) is 4.78. The van der Waals surface area contributed by atoms with Gasteiger partial charge < -0.3 is 9.47 Å². The molecule has 1 aliphatic heterocycles. The molecule has 1 amide bonds. The summed E-state index contributed by atoms with van der Waals surface area (Å²) >= 11 is 13.7. The topological polar surface area (TPSA) is 51.7 Å². The highest BCUT2D eigenvalue weighted by atomic mass is 35.5. The lowest BCUT2D eigenvalue weighted by atomic mass is 10.1. The largest absolute Gasteiger partial charge is 0.494 e. The van der Waals surface area contributed by atoms with Crippen molar-refractivity contribution in [2.45, 2.75) is 18.9 Å². The molecule has 0 N–H and O–H groups in total. The number of nitrogens with zero attached hydrogens (tertiary/aromatic N) is 2. The molecule has 2 aromatic carbocycles. The highest BCUT2D eigenvalue weighted by Crippen LogP contribution is 2.35. The quantitative estimate of drug-likeness (QED) is 0.534. The van der Waals surface area contributed by atoms with E-state index in [1.165, 1.54) is 11.3 Å². The first-order chi connectivity index (χ1) is 13.5. The second kappa shape index (κ2) is 8.25. The van der Waals surface area contributed by atoms with Gasteiger partial charge in [-0.15, -0.1) is 0 Å². The van der Waals surface area contributed by atoms with Gasteiger partial charge in [0, 0.05) is 22.2 Å². The first kappa shape index (κ1) is 19.5. The number of carbonyl (C=O) groups excluding carboxylic acids is 1. The standard InChI is InChI=1S/C20H18Cl2N2O3S/c1-26-16-5-2-6-17-18(16)23-20(28-17)24(11-15-4-3-7-27-15)19(25)12-8-13(21)10-14(22)9-12/h2,5-6,8-10,15H,3-4,7,11H2,1H3. The average Bonchev–Trinajstić information content (AvgIpc) is 3.33. The number of aromatic nitrogens is 1. The third kappa shape index (κ3) is 3.96. The Morgan fingerprint density at radius 2 is 2.11 bits per heavy atom. The Morgan fingerprint density at radius 1 is 1.32 bits per heavy atom. The maximum absolute atomic E-state index is 13.4. The Kier molecular flexibility index (Phi) is 5.73. The number of benzene rings is 2. The lowest BCUT2D eigenvalue weighted by molar-refractivity contribution is 0.0917. The summed E-state index contributed by atoms with van der Waals surface area (Å²) in [5.74, 6) is 0.466. The molecule has 1 aromatic heterocycles. The molecule has 1 saturated heterocycles. The maximum Gasteiger partial charge on any atom is 0.260 e. The van der Waals surface area contributed by atoms with Gasteiger partial charge in [-0.1, -0.05) is 40.6 Å². The molecular weight excluding hydrogens is 419 g/mol. The summed E-state index contributed by atoms with van der Waals surface area (Å²) in [6, 6.07) is 10.6. The van der Waals surface area contributed by atoms with Crippen molar-refractivity contribution < 1.29 is 14.3 Å². The molecule has 0 bridgehead atoms. The number of carbonyl (C=O) groups is 1. The monoisotopic (exact) mass is 436 g/mol. The molecule has 3 aromatic rings. The third-order valence-electron chi connectivity index (χ3n) is 4.59. The van der Waals surface area contributed by atoms with Gasteiger partial charge in [-0.3, -0.25) is 9.69 Å². The Hall–Kier alpha value is -1.86. The summed E-state index contributed by atoms with van der Waals surface area (Å²) < 4.78 is 12.1. The Labute approximate surface area is 176 Å². The van der Waals surface area contributed by atoms with Gasteiger partial charge >= 0.3 is 0 Å². The van der Waals surface area contributed by atoms with Crippen molar-refractivity contribution in [3.8, 4) is 5.75 Å². The number of para-hydroxylation sites is 1. The van der Waals surface area contributed by atoms with E-state index in [0.717, 1.165) is 23.1 Å². The molecule has 0 spiro atoms. The van der Waals surface area contributed by atoms with E-state index in [-0.39, 0.29) is 12.0 Å². The zero-order valence-electron chi connectivity index (χ0n) is 15.2. The molecule has 1 fully saturated rings. The molecule has 5 nitrogen and oxygen atoms in total. The Balaban J connectivity index is 1.75. The number of hydrogen-bond donors (Lipinski definition) is 0. The average molecular weight is 437 g/mol. The van der Waals surface area contributed by atoms with Crippen LogP contribution in [0.25, 0.3) is 10.2 Å². The Morgan fingerprint density at radius 3 is 2.79 bits per heavy atom. The van der Waals surface area contributed by atoms with Gasteiger partial charge in [0.25, 0.3) is 5.91 Å². The predicted octanol–water partition coefficient (Wildman–Crippen LogP) is 5.44. The van der Waals surface area contributed by atoms with E-state index in [4.69, 9.17) is 37.7 Å². The number of halogens is 2. The van der Waals surface area contributed by atoms with Crippen LogP contribution in [-0.2, 0) is 4.74 Å². The summed E-state index contributed by atoms with van der Waals surface area (Å²) in [6.45, 7) is 1.13. The molecule has 4 rings (SSSR count). The fourth-order valence-electron chi connectivity index (χ4n) is 3.26. The fraction of sp³-hybridized carbons (Fsp3) is 0.300. The van der Waals surface area contributed by atoms with E-state index >= 15 is 0 Å². The first-order valence-electron chi connectivity index (χ1n) is 8.88. The SMILES string of the molecule is COc1cccc2sc(N(CC3CCCO3)C(=O)c3cc(Cl)cc(Cl)c3)nc12. The van der Waals surface area contributed by atoms with Crippen LogP contribution in [0.3, 0.4) is 0 Å². The lowest BCUT2D eigenvalue weighted by Crippen LogP contribution is -2.37. The molecule has 2 heterocycles. The summed E-state index contributed by atoms with van der Waals surface area (Å²) in [5.41, 5.74) is 1.15. The lowest BCUT2D eigenvalue weighted by Gasteiger charge is -2.23. The van der Waals surface area contributed by atoms with Gasteiger partial charge in [0.2, 0.25) is 0 Å². The molecule has 8 heteroatoms. The number of hydrogen-bond acceptors (Lipinski definition) is 5. The second-order valence-electron chi connectivity index (χ2n) is 6.51. The van der Waals surface area contributed by atoms with Gasteiger partial charge in [0.05, 0.1) is 24.5 Å². The summed E-state index contributed by atoms with van der Waals surface area (Å²) in [5, 5.41) is 1.42. The minimum atomic E-state index is -0.210. The molecule has 28 heavy (non-hydrogen) atoms. The molecule has 1 unspecified atom stereocenters. The molecule has 1 aliphatic rings. The molecule has 146 valence electrons. The van der Waals surface area contributed by atoms with Crippen molar-refractivity contribution in [1.29, 1.82) is 0 Å². The zero-order valence-corrected chi connectivity index (χ0v) is 17.5. The number of fused-ring (bicyclic) bond motifs is 1. The van der Waals surface area contributed by atoms with E-state index in [9.17, 15) is 4.79 Å². The predicted molar refractivity (Wildman–Crippen MR) is 113 cm³/mol. The van der Waals surface area contributed by atoms with Crippen LogP contribution in [0.15, 0.2) is 36.4 Å². The van der Waals surface area contributed by atoms with Crippen molar-refractivity contribution in [2.24, 2.45) is 0 Å². The molecular formula is C20H18Cl2N2O3S. The smallest absolute Gasteiger partial charge is 0.260 e. The van der Waals surface area contributed by atoms with Gasteiger partial charge in [0.1, 0.15) is 11.3 Å². The van der Waals surface area contributed by atoms with Crippen LogP contribution in [0.5, 0.6) is 5.75 Å². The summed E-state index contributed by atoms with van der Waals surface area (Å²) in [4.78, 5) is 19.7. The van der Waals surface area contributed by atoms with E-state index in [1.54, 1.807) is 30.2 Å². The van der Waals surface area contributed by atoms with Gasteiger partial charge in [0.15, 0.2) is 5.13 Å². The van der Waals surface area contributed by atoms with Crippen molar-refractivity contribution in [1.82, 2.24) is 4.98 Å². The number of methoxy groups -OCH3 is 1. The van der Waals surface area contributed by atoms with Crippen molar-refractivity contribution >= 4 is 55.8 Å². The minimum absolute atomic E-state index is 0.0208. The summed E-state index contributed by atoms with van der Waals surface area (Å²) in [6.07, 6.45) is 1.88. The number of thiazole rings is 1. The number of amides is 1. The zero-order chi connectivity index (χ0) is 19.7. The van der Waals surface area contributed by atoms with Crippen LogP contribution >= 0.6 is 34.5 Å². The number of anilines is 1. The van der Waals surface area contributed by atoms with E-state index in [2.05, 4.69) is 0 Å². The van der Waals surface area contributed by atoms with Crippen LogP contribution in [0.2, 0.25) is 10.0 Å². The highest BCUT2D eigenvalue weighted by Gasteiger charge is 2.27. The normalized spacial score (nSPS) is 16.5. The molecule has 0 aliphatic carbocycles. The summed E-state index contributed by atoms with van der Waals surface area (Å²) in [7, 11) is 1.61. The Bertz CT molecular complexity index is 998. The number of ether oxygens (including phenoxy) is 2. The maximum atomic E-state index is 13.4. The van der Waals surface area contributed by atoms with Crippen molar-refractivity contribution in [3.05, 3.63) is 52.0 Å². The number of rotatable bonds is 5. The van der Waals surface area contributed by atoms with E-state index in [0.29, 0.717) is 39.6 Å². The highest BCUT2D eigenvalue weighted by molar-refractivity contribution is 7.22. The molecule has 0 saturated carbocycles. The van der Waals surface area contributed by atoms with E-state index in [1.807, 2.05) is 18.2 Å². The van der Waals surface area contributed by atoms with Crippen LogP contribution in [0, 0.1) is 0 Å². The van der Waals surface area contributed by atoms with E-state index < -0.39 is 0 Å². The van der Waals surface area contributed by atoms with Gasteiger partial charge in [-0.2, -0.15) is 0 Å². The van der Waals surface area contributed by atoms with Crippen LogP contribution in [-0.4, -0.2) is 37.3 Å². The van der Waals surface area contributed by atoms with Crippen LogP contribution < -0.4 is 9.64 Å². The third-order valence-corrected chi connectivity index (χ3v) is 6.07. The van der Waals surface area contributed by atoms with Gasteiger partial charge in [-0.05, 0) is 43.2 Å². The molecule has 0 radical (unpaired) electrons. The van der Waals surface area contributed by atoms with Crippen LogP contribution in [0.1, 0.15) is 23.2 Å². The van der Waals surface area contributed by atoms with Crippen LogP contribution in [0.4, 0.5) is 5.13 Å². The molecule has 1 atom stereocenters. The van der Waals surface area contributed by atoms with Gasteiger partial charge in [-0.25, -0.2) is 4.98 Å². The first-order valence-corrected chi connectivity index (χ1v) is 10.5. The van der Waals surface area contributed by atoms with Crippen molar-refractivity contribution in [2.75, 3.05) is 25.2 Å². The van der Waals surface area contributed by atoms with Crippen molar-refractivity contribution in [3.63, 3.8) is 0 Å². The second-order valence-corrected chi connectivity index (χ2v) is 8.39.